The van der Waals surface area contributed by atoms with Crippen LogP contribution in [0.5, 0.6) is 11.5 Å². The zero-order chi connectivity index (χ0) is 20.7. The molecule has 0 atom stereocenters. The van der Waals surface area contributed by atoms with Crippen LogP contribution < -0.4 is 14.8 Å². The van der Waals surface area contributed by atoms with Crippen molar-refractivity contribution in [1.29, 1.82) is 5.26 Å². The van der Waals surface area contributed by atoms with Gasteiger partial charge in [-0.05, 0) is 42.0 Å². The Morgan fingerprint density at radius 2 is 2.14 bits per heavy atom. The Morgan fingerprint density at radius 1 is 1.34 bits per heavy atom. The molecule has 9 heteroatoms. The molecule has 0 spiro atoms. The number of methoxy groups -OCH3 is 1. The quantitative estimate of drug-likeness (QED) is 0.471. The Bertz CT molecular complexity index is 1420. The van der Waals surface area contributed by atoms with Gasteiger partial charge in [0, 0.05) is 16.2 Å². The molecule has 2 aromatic heterocycles. The van der Waals surface area contributed by atoms with Crippen LogP contribution in [-0.2, 0) is 0 Å². The minimum Gasteiger partial charge on any atom is -0.503 e. The molecule has 0 aliphatic rings. The smallest absolute Gasteiger partial charge is 0.274 e. The Labute approximate surface area is 182 Å². The van der Waals surface area contributed by atoms with Crippen LogP contribution in [0.4, 0.5) is 0 Å². The van der Waals surface area contributed by atoms with E-state index in [9.17, 15) is 9.90 Å². The summed E-state index contributed by atoms with van der Waals surface area (Å²) in [5.74, 6) is 0.0767. The van der Waals surface area contributed by atoms with E-state index in [1.54, 1.807) is 36.5 Å². The maximum Gasteiger partial charge on any atom is 0.274 e. The molecular formula is C20H11BrClN3O3S. The monoisotopic (exact) mass is 487 g/mol. The molecule has 2 heterocycles. The fourth-order valence-corrected chi connectivity index (χ4v) is 4.53. The predicted molar refractivity (Wildman–Crippen MR) is 116 cm³/mol. The van der Waals surface area contributed by atoms with E-state index in [0.29, 0.717) is 26.3 Å². The van der Waals surface area contributed by atoms with Crippen LogP contribution in [0.25, 0.3) is 22.3 Å². The van der Waals surface area contributed by atoms with Crippen LogP contribution in [0.15, 0.2) is 45.8 Å². The Hall–Kier alpha value is -2.86. The number of aromatic nitrogens is 2. The van der Waals surface area contributed by atoms with Crippen molar-refractivity contribution in [2.24, 2.45) is 0 Å². The molecule has 0 bridgehead atoms. The average Bonchev–Trinajstić information content (AvgIpc) is 3.24. The highest BCUT2D eigenvalue weighted by Gasteiger charge is 2.13. The summed E-state index contributed by atoms with van der Waals surface area (Å²) in [6.45, 7) is 0. The molecule has 29 heavy (non-hydrogen) atoms. The molecule has 0 unspecified atom stereocenters. The number of hydrogen-bond acceptors (Lipinski definition) is 6. The average molecular weight is 489 g/mol. The van der Waals surface area contributed by atoms with Crippen LogP contribution in [0.3, 0.4) is 0 Å². The lowest BCUT2D eigenvalue weighted by molar-refractivity contribution is 0.373. The second-order valence-electron chi connectivity index (χ2n) is 6.09. The molecule has 2 aromatic carbocycles. The van der Waals surface area contributed by atoms with Crippen molar-refractivity contribution in [2.75, 3.05) is 7.11 Å². The van der Waals surface area contributed by atoms with Gasteiger partial charge in [0.25, 0.3) is 5.56 Å². The van der Waals surface area contributed by atoms with Crippen molar-refractivity contribution in [2.45, 2.75) is 0 Å². The van der Waals surface area contributed by atoms with Gasteiger partial charge in [-0.15, -0.1) is 0 Å². The maximum atomic E-state index is 12.8. The molecule has 0 aliphatic carbocycles. The fraction of sp³-hybridized carbons (Fsp3) is 0.0500. The Kier molecular flexibility index (Phi) is 5.04. The normalized spacial score (nSPS) is 11.7. The van der Waals surface area contributed by atoms with Gasteiger partial charge in [-0.1, -0.05) is 38.9 Å². The predicted octanol–water partition coefficient (Wildman–Crippen LogP) is 3.97. The third kappa shape index (κ3) is 3.60. The van der Waals surface area contributed by atoms with Gasteiger partial charge in [0.2, 0.25) is 0 Å². The Balaban J connectivity index is 1.82. The third-order valence-corrected chi connectivity index (χ3v) is 5.92. The number of halogens is 2. The first kappa shape index (κ1) is 19.5. The lowest BCUT2D eigenvalue weighted by Crippen LogP contribution is -2.22. The number of fused-ring (bicyclic) bond motifs is 1. The molecule has 1 N–H and O–H groups in total. The lowest BCUT2D eigenvalue weighted by atomic mass is 10.1. The number of aromatic hydroxyl groups is 1. The minimum atomic E-state index is -0.220. The summed E-state index contributed by atoms with van der Waals surface area (Å²) in [7, 11) is 1.43. The molecule has 0 fully saturated rings. The number of imidazole rings is 1. The van der Waals surface area contributed by atoms with Crippen LogP contribution in [-0.4, -0.2) is 21.6 Å². The van der Waals surface area contributed by atoms with Crippen LogP contribution in [0, 0.1) is 11.3 Å². The van der Waals surface area contributed by atoms with E-state index >= 15 is 0 Å². The van der Waals surface area contributed by atoms with E-state index in [-0.39, 0.29) is 22.1 Å². The van der Waals surface area contributed by atoms with Crippen molar-refractivity contribution < 1.29 is 9.84 Å². The maximum absolute atomic E-state index is 12.8. The lowest BCUT2D eigenvalue weighted by Gasteiger charge is -2.05. The number of ether oxygens (including phenoxy) is 1. The van der Waals surface area contributed by atoms with E-state index < -0.39 is 0 Å². The molecule has 4 aromatic rings. The fourth-order valence-electron chi connectivity index (χ4n) is 2.86. The summed E-state index contributed by atoms with van der Waals surface area (Å²) < 4.78 is 7.80. The van der Waals surface area contributed by atoms with Crippen LogP contribution in [0.1, 0.15) is 11.1 Å². The van der Waals surface area contributed by atoms with Gasteiger partial charge >= 0.3 is 0 Å². The number of phenolic OH excluding ortho intramolecular Hbond substituents is 1. The summed E-state index contributed by atoms with van der Waals surface area (Å²) >= 11 is 10.6. The third-order valence-electron chi connectivity index (χ3n) is 4.20. The number of thiazole rings is 1. The highest BCUT2D eigenvalue weighted by Crippen LogP contribution is 2.35. The summed E-state index contributed by atoms with van der Waals surface area (Å²) in [5, 5.41) is 19.1. The molecule has 144 valence electrons. The summed E-state index contributed by atoms with van der Waals surface area (Å²) in [5.41, 5.74) is 2.25. The number of rotatable bonds is 3. The van der Waals surface area contributed by atoms with E-state index in [1.165, 1.54) is 22.8 Å². The van der Waals surface area contributed by atoms with Crippen molar-refractivity contribution in [3.8, 4) is 28.8 Å². The summed E-state index contributed by atoms with van der Waals surface area (Å²) in [6.07, 6.45) is 3.32. The van der Waals surface area contributed by atoms with E-state index in [1.807, 2.05) is 6.07 Å². The molecule has 6 nitrogen and oxygen atoms in total. The van der Waals surface area contributed by atoms with Crippen molar-refractivity contribution >= 4 is 49.9 Å². The number of benzene rings is 2. The van der Waals surface area contributed by atoms with E-state index in [2.05, 4.69) is 27.0 Å². The summed E-state index contributed by atoms with van der Waals surface area (Å²) in [4.78, 5) is 17.9. The number of nitriles is 1. The van der Waals surface area contributed by atoms with E-state index in [0.717, 1.165) is 10.0 Å². The SMILES string of the molecule is COc1cc(C=c2sc3nc(-c4cc(Br)cc(C#N)c4)cn3c2=O)cc(Cl)c1O. The number of nitrogens with zero attached hydrogens (tertiary/aromatic N) is 3. The molecular weight excluding hydrogens is 478 g/mol. The van der Waals surface area contributed by atoms with Gasteiger partial charge < -0.3 is 9.84 Å². The molecule has 0 amide bonds. The van der Waals surface area contributed by atoms with Gasteiger partial charge in [-0.3, -0.25) is 9.20 Å². The van der Waals surface area contributed by atoms with Crippen LogP contribution in [0.2, 0.25) is 5.02 Å². The second kappa shape index (κ2) is 7.52. The number of phenols is 1. The first-order chi connectivity index (χ1) is 13.9. The van der Waals surface area contributed by atoms with Gasteiger partial charge in [0.05, 0.1) is 34.0 Å². The molecule has 0 saturated heterocycles. The highest BCUT2D eigenvalue weighted by atomic mass is 79.9. The first-order valence-corrected chi connectivity index (χ1v) is 10.2. The van der Waals surface area contributed by atoms with Crippen molar-refractivity contribution in [3.05, 3.63) is 72.0 Å². The largest absolute Gasteiger partial charge is 0.503 e. The van der Waals surface area contributed by atoms with Crippen molar-refractivity contribution in [3.63, 3.8) is 0 Å². The molecule has 0 saturated carbocycles. The van der Waals surface area contributed by atoms with Gasteiger partial charge in [0.1, 0.15) is 0 Å². The minimum absolute atomic E-state index is 0.134. The molecule has 0 aliphatic heterocycles. The number of hydrogen-bond donors (Lipinski definition) is 1. The first-order valence-electron chi connectivity index (χ1n) is 8.21. The zero-order valence-corrected chi connectivity index (χ0v) is 18.0. The van der Waals surface area contributed by atoms with E-state index in [4.69, 9.17) is 21.6 Å². The van der Waals surface area contributed by atoms with Gasteiger partial charge in [-0.2, -0.15) is 5.26 Å². The van der Waals surface area contributed by atoms with Crippen LogP contribution >= 0.6 is 38.9 Å². The van der Waals surface area contributed by atoms with Gasteiger partial charge in [-0.25, -0.2) is 4.98 Å². The second-order valence-corrected chi connectivity index (χ2v) is 8.42. The standard InChI is InChI=1S/C20H11BrClN3O3S/c1-28-16-5-10(4-14(22)18(16)26)6-17-19(27)25-9-15(24-20(25)29-17)12-2-11(8-23)3-13(21)7-12/h2-7,9,26H,1H3. The Morgan fingerprint density at radius 3 is 2.83 bits per heavy atom. The molecule has 4 rings (SSSR count). The van der Waals surface area contributed by atoms with Crippen molar-refractivity contribution in [1.82, 2.24) is 9.38 Å². The molecule has 0 radical (unpaired) electrons. The topological polar surface area (TPSA) is 87.6 Å². The van der Waals surface area contributed by atoms with Gasteiger partial charge in [0.15, 0.2) is 16.5 Å². The highest BCUT2D eigenvalue weighted by molar-refractivity contribution is 9.10. The zero-order valence-electron chi connectivity index (χ0n) is 14.8. The summed E-state index contributed by atoms with van der Waals surface area (Å²) in [6, 6.07) is 10.5.